The highest BCUT2D eigenvalue weighted by Crippen LogP contribution is 2.14. The normalized spacial score (nSPS) is 14.9. The summed E-state index contributed by atoms with van der Waals surface area (Å²) in [5.41, 5.74) is 1.26. The Bertz CT molecular complexity index is 661. The van der Waals surface area contributed by atoms with Crippen molar-refractivity contribution in [2.24, 2.45) is 0 Å². The van der Waals surface area contributed by atoms with Gasteiger partial charge in [0.15, 0.2) is 0 Å². The van der Waals surface area contributed by atoms with E-state index in [1.165, 1.54) is 5.56 Å². The highest BCUT2D eigenvalue weighted by molar-refractivity contribution is 5.82. The molecule has 1 aliphatic heterocycles. The van der Waals surface area contributed by atoms with Crippen molar-refractivity contribution >= 4 is 17.7 Å². The van der Waals surface area contributed by atoms with Crippen LogP contribution < -0.4 is 10.2 Å². The average molecular weight is 311 g/mol. The highest BCUT2D eigenvalue weighted by Gasteiger charge is 2.25. The minimum Gasteiger partial charge on any atom is -0.373 e. The minimum absolute atomic E-state index is 0.130. The summed E-state index contributed by atoms with van der Waals surface area (Å²) in [5, 5.41) is 2.99. The van der Waals surface area contributed by atoms with Crippen molar-refractivity contribution in [3.8, 4) is 0 Å². The van der Waals surface area contributed by atoms with Gasteiger partial charge < -0.3 is 15.1 Å². The Labute approximate surface area is 136 Å². The number of nitrogens with one attached hydrogen (secondary N) is 1. The van der Waals surface area contributed by atoms with E-state index >= 15 is 0 Å². The Morgan fingerprint density at radius 1 is 1.17 bits per heavy atom. The number of anilines is 2. The molecule has 2 aromatic rings. The SMILES string of the molecule is CNc1ccnc(N2CCN(CCc3ccccc3)C(=O)C2)n1. The number of carbonyl (C=O) groups excluding carboxylic acids is 1. The van der Waals surface area contributed by atoms with Gasteiger partial charge >= 0.3 is 0 Å². The van der Waals surface area contributed by atoms with Crippen LogP contribution in [-0.2, 0) is 11.2 Å². The first-order valence-electron chi connectivity index (χ1n) is 7.84. The lowest BCUT2D eigenvalue weighted by Crippen LogP contribution is -2.51. The van der Waals surface area contributed by atoms with E-state index in [0.29, 0.717) is 19.0 Å². The average Bonchev–Trinajstić information content (AvgIpc) is 2.61. The Hall–Kier alpha value is -2.63. The molecule has 120 valence electrons. The van der Waals surface area contributed by atoms with E-state index < -0.39 is 0 Å². The second-order valence-corrected chi connectivity index (χ2v) is 5.53. The minimum atomic E-state index is 0.130. The topological polar surface area (TPSA) is 61.4 Å². The summed E-state index contributed by atoms with van der Waals surface area (Å²) in [6.07, 6.45) is 2.60. The summed E-state index contributed by atoms with van der Waals surface area (Å²) in [4.78, 5) is 24.9. The number of piperazine rings is 1. The molecule has 0 atom stereocenters. The van der Waals surface area contributed by atoms with E-state index in [1.807, 2.05) is 35.0 Å². The van der Waals surface area contributed by atoms with Gasteiger partial charge in [0.2, 0.25) is 11.9 Å². The van der Waals surface area contributed by atoms with Crippen molar-refractivity contribution < 1.29 is 4.79 Å². The molecule has 2 heterocycles. The first-order chi connectivity index (χ1) is 11.3. The fourth-order valence-electron chi connectivity index (χ4n) is 2.66. The predicted molar refractivity (Wildman–Crippen MR) is 90.5 cm³/mol. The molecule has 23 heavy (non-hydrogen) atoms. The lowest BCUT2D eigenvalue weighted by atomic mass is 10.1. The molecule has 1 N–H and O–H groups in total. The Morgan fingerprint density at radius 2 is 2.00 bits per heavy atom. The van der Waals surface area contributed by atoms with Crippen LogP contribution >= 0.6 is 0 Å². The molecule has 0 saturated carbocycles. The van der Waals surface area contributed by atoms with Crippen LogP contribution in [0.15, 0.2) is 42.6 Å². The number of aromatic nitrogens is 2. The van der Waals surface area contributed by atoms with Crippen molar-refractivity contribution in [1.29, 1.82) is 0 Å². The van der Waals surface area contributed by atoms with E-state index in [1.54, 1.807) is 12.3 Å². The zero-order chi connectivity index (χ0) is 16.1. The third-order valence-electron chi connectivity index (χ3n) is 4.01. The summed E-state index contributed by atoms with van der Waals surface area (Å²) < 4.78 is 0. The summed E-state index contributed by atoms with van der Waals surface area (Å²) in [6, 6.07) is 12.1. The second kappa shape index (κ2) is 7.09. The number of nitrogens with zero attached hydrogens (tertiary/aromatic N) is 4. The first kappa shape index (κ1) is 15.3. The fraction of sp³-hybridized carbons (Fsp3) is 0.353. The van der Waals surface area contributed by atoms with Crippen LogP contribution in [0.25, 0.3) is 0 Å². The molecular weight excluding hydrogens is 290 g/mol. The summed E-state index contributed by atoms with van der Waals surface area (Å²) in [6.45, 7) is 2.56. The molecule has 1 amide bonds. The monoisotopic (exact) mass is 311 g/mol. The van der Waals surface area contributed by atoms with Crippen LogP contribution in [0, 0.1) is 0 Å². The maximum Gasteiger partial charge on any atom is 0.242 e. The van der Waals surface area contributed by atoms with Crippen LogP contribution in [0.1, 0.15) is 5.56 Å². The van der Waals surface area contributed by atoms with Gasteiger partial charge in [-0.2, -0.15) is 4.98 Å². The smallest absolute Gasteiger partial charge is 0.242 e. The van der Waals surface area contributed by atoms with Crippen LogP contribution in [0.4, 0.5) is 11.8 Å². The van der Waals surface area contributed by atoms with Crippen LogP contribution in [0.5, 0.6) is 0 Å². The molecule has 0 aliphatic carbocycles. The van der Waals surface area contributed by atoms with Gasteiger partial charge in [0.1, 0.15) is 5.82 Å². The Balaban J connectivity index is 1.57. The van der Waals surface area contributed by atoms with Gasteiger partial charge in [0.05, 0.1) is 6.54 Å². The summed E-state index contributed by atoms with van der Waals surface area (Å²) in [5.74, 6) is 1.49. The molecule has 0 radical (unpaired) electrons. The van der Waals surface area contributed by atoms with E-state index in [4.69, 9.17) is 0 Å². The van der Waals surface area contributed by atoms with Gasteiger partial charge in [0.25, 0.3) is 0 Å². The number of hydrogen-bond acceptors (Lipinski definition) is 5. The van der Waals surface area contributed by atoms with Gasteiger partial charge in [-0.25, -0.2) is 4.98 Å². The molecule has 0 bridgehead atoms. The van der Waals surface area contributed by atoms with E-state index in [0.717, 1.165) is 25.3 Å². The van der Waals surface area contributed by atoms with Crippen molar-refractivity contribution in [2.75, 3.05) is 43.4 Å². The maximum absolute atomic E-state index is 12.4. The maximum atomic E-state index is 12.4. The van der Waals surface area contributed by atoms with Gasteiger partial charge in [0, 0.05) is 32.9 Å². The molecule has 3 rings (SSSR count). The fourth-order valence-corrected chi connectivity index (χ4v) is 2.66. The zero-order valence-electron chi connectivity index (χ0n) is 13.3. The molecule has 1 aromatic carbocycles. The van der Waals surface area contributed by atoms with Crippen molar-refractivity contribution in [1.82, 2.24) is 14.9 Å². The summed E-state index contributed by atoms with van der Waals surface area (Å²) in [7, 11) is 1.82. The zero-order valence-corrected chi connectivity index (χ0v) is 13.3. The van der Waals surface area contributed by atoms with E-state index in [2.05, 4.69) is 27.4 Å². The van der Waals surface area contributed by atoms with Crippen LogP contribution in [0.3, 0.4) is 0 Å². The molecule has 1 aromatic heterocycles. The molecule has 1 fully saturated rings. The predicted octanol–water partition coefficient (Wildman–Crippen LogP) is 1.41. The Morgan fingerprint density at radius 3 is 2.74 bits per heavy atom. The molecule has 1 aliphatic rings. The number of carbonyl (C=O) groups is 1. The molecule has 1 saturated heterocycles. The standard InChI is InChI=1S/C17H21N5O/c1-18-15-7-9-19-17(20-15)22-12-11-21(16(23)13-22)10-8-14-5-3-2-4-6-14/h2-7,9H,8,10-13H2,1H3,(H,18,19,20). The molecule has 6 nitrogen and oxygen atoms in total. The van der Waals surface area contributed by atoms with Gasteiger partial charge in [-0.1, -0.05) is 30.3 Å². The third kappa shape index (κ3) is 3.77. The summed E-state index contributed by atoms with van der Waals surface area (Å²) >= 11 is 0. The number of rotatable bonds is 5. The van der Waals surface area contributed by atoms with Crippen molar-refractivity contribution in [3.05, 3.63) is 48.2 Å². The van der Waals surface area contributed by atoms with Crippen molar-refractivity contribution in [2.45, 2.75) is 6.42 Å². The number of benzene rings is 1. The Kier molecular flexibility index (Phi) is 4.71. The van der Waals surface area contributed by atoms with Gasteiger partial charge in [-0.15, -0.1) is 0 Å². The van der Waals surface area contributed by atoms with Crippen LogP contribution in [-0.4, -0.2) is 54.0 Å². The van der Waals surface area contributed by atoms with Crippen LogP contribution in [0.2, 0.25) is 0 Å². The third-order valence-corrected chi connectivity index (χ3v) is 4.01. The van der Waals surface area contributed by atoms with Gasteiger partial charge in [-0.05, 0) is 18.1 Å². The van der Waals surface area contributed by atoms with E-state index in [9.17, 15) is 4.79 Å². The highest BCUT2D eigenvalue weighted by atomic mass is 16.2. The largest absolute Gasteiger partial charge is 0.373 e. The lowest BCUT2D eigenvalue weighted by molar-refractivity contribution is -0.131. The second-order valence-electron chi connectivity index (χ2n) is 5.53. The molecule has 0 unspecified atom stereocenters. The molecule has 0 spiro atoms. The van der Waals surface area contributed by atoms with Crippen molar-refractivity contribution in [3.63, 3.8) is 0 Å². The quantitative estimate of drug-likeness (QED) is 0.904. The molecular formula is C17H21N5O. The lowest BCUT2D eigenvalue weighted by Gasteiger charge is -2.34. The first-order valence-corrected chi connectivity index (χ1v) is 7.84. The number of hydrogen-bond donors (Lipinski definition) is 1. The molecule has 6 heteroatoms. The van der Waals surface area contributed by atoms with Gasteiger partial charge in [-0.3, -0.25) is 4.79 Å². The number of amides is 1. The van der Waals surface area contributed by atoms with E-state index in [-0.39, 0.29) is 5.91 Å².